The highest BCUT2D eigenvalue weighted by atomic mass is 16.2. The molecule has 1 fully saturated rings. The number of nitrogen functional groups attached to an aromatic ring is 1. The van der Waals surface area contributed by atoms with Gasteiger partial charge in [0.25, 0.3) is 5.91 Å². The number of nitrogens with two attached hydrogens (primary N) is 1. The fourth-order valence-corrected chi connectivity index (χ4v) is 3.03. The van der Waals surface area contributed by atoms with Gasteiger partial charge in [-0.1, -0.05) is 24.3 Å². The second-order valence-corrected chi connectivity index (χ2v) is 6.33. The molecule has 1 aliphatic rings. The molecule has 2 aromatic carbocycles. The monoisotopic (exact) mass is 337 g/mol. The van der Waals surface area contributed by atoms with Crippen LogP contribution in [-0.4, -0.2) is 29.8 Å². The molecule has 1 saturated heterocycles. The van der Waals surface area contributed by atoms with Crippen molar-refractivity contribution in [3.8, 4) is 0 Å². The van der Waals surface area contributed by atoms with Crippen LogP contribution in [0.5, 0.6) is 0 Å². The lowest BCUT2D eigenvalue weighted by Gasteiger charge is -2.15. The first-order valence-electron chi connectivity index (χ1n) is 8.66. The highest BCUT2D eigenvalue weighted by Crippen LogP contribution is 2.16. The number of anilines is 2. The van der Waals surface area contributed by atoms with Crippen LogP contribution in [0.15, 0.2) is 48.5 Å². The number of aryl methyl sites for hydroxylation is 1. The summed E-state index contributed by atoms with van der Waals surface area (Å²) in [6.45, 7) is 1.79. The maximum absolute atomic E-state index is 12.2. The fourth-order valence-electron chi connectivity index (χ4n) is 3.03. The fraction of sp³-hybridized carbons (Fsp3) is 0.300. The number of carbonyl (C=O) groups is 2. The topological polar surface area (TPSA) is 75.4 Å². The lowest BCUT2D eigenvalue weighted by molar-refractivity contribution is -0.130. The lowest BCUT2D eigenvalue weighted by Crippen LogP contribution is -2.27. The van der Waals surface area contributed by atoms with Gasteiger partial charge in [0.15, 0.2) is 0 Å². The van der Waals surface area contributed by atoms with Crippen molar-refractivity contribution >= 4 is 23.2 Å². The van der Waals surface area contributed by atoms with Gasteiger partial charge in [-0.05, 0) is 49.1 Å². The Balaban J connectivity index is 1.54. The first-order valence-corrected chi connectivity index (χ1v) is 8.66. The predicted molar refractivity (Wildman–Crippen MR) is 99.4 cm³/mol. The molecule has 0 aromatic heterocycles. The largest absolute Gasteiger partial charge is 0.398 e. The number of hydrogen-bond donors (Lipinski definition) is 2. The van der Waals surface area contributed by atoms with Crippen LogP contribution in [0, 0.1) is 0 Å². The van der Waals surface area contributed by atoms with E-state index in [9.17, 15) is 9.59 Å². The maximum atomic E-state index is 12.2. The third-order valence-electron chi connectivity index (χ3n) is 4.50. The minimum atomic E-state index is -0.227. The summed E-state index contributed by atoms with van der Waals surface area (Å²) in [5.74, 6) is 0.00416. The predicted octanol–water partition coefficient (Wildman–Crippen LogP) is 3.08. The molecule has 0 aliphatic carbocycles. The second-order valence-electron chi connectivity index (χ2n) is 6.33. The molecule has 25 heavy (non-hydrogen) atoms. The van der Waals surface area contributed by atoms with E-state index in [-0.39, 0.29) is 11.8 Å². The minimum Gasteiger partial charge on any atom is -0.398 e. The summed E-state index contributed by atoms with van der Waals surface area (Å²) in [7, 11) is 0. The molecular weight excluding hydrogens is 314 g/mol. The molecule has 1 heterocycles. The zero-order valence-corrected chi connectivity index (χ0v) is 14.2. The number of carbonyl (C=O) groups excluding carboxylic acids is 2. The Kier molecular flexibility index (Phi) is 5.33. The van der Waals surface area contributed by atoms with Gasteiger partial charge in [0.1, 0.15) is 0 Å². The van der Waals surface area contributed by atoms with Crippen molar-refractivity contribution in [1.29, 1.82) is 0 Å². The standard InChI is InChI=1S/C20H23N3O2/c21-18-6-2-1-5-17(18)20(25)22-16-10-7-15(8-11-16)9-12-19(24)23-13-3-4-14-23/h1-2,5-8,10-11H,3-4,9,12-14,21H2,(H,22,25). The number of nitrogens with zero attached hydrogens (tertiary/aromatic N) is 1. The molecule has 3 N–H and O–H groups in total. The zero-order chi connectivity index (χ0) is 17.6. The Labute approximate surface area is 147 Å². The molecule has 5 heteroatoms. The molecule has 2 amide bonds. The number of nitrogens with one attached hydrogen (secondary N) is 1. The molecule has 0 spiro atoms. The van der Waals surface area contributed by atoms with Crippen LogP contribution in [0.1, 0.15) is 35.2 Å². The lowest BCUT2D eigenvalue weighted by atomic mass is 10.1. The van der Waals surface area contributed by atoms with E-state index < -0.39 is 0 Å². The number of hydrogen-bond acceptors (Lipinski definition) is 3. The summed E-state index contributed by atoms with van der Waals surface area (Å²) >= 11 is 0. The molecule has 5 nitrogen and oxygen atoms in total. The Morgan fingerprint density at radius 1 is 1.00 bits per heavy atom. The Bertz CT molecular complexity index is 750. The highest BCUT2D eigenvalue weighted by Gasteiger charge is 2.17. The summed E-state index contributed by atoms with van der Waals surface area (Å²) < 4.78 is 0. The molecule has 0 unspecified atom stereocenters. The molecule has 3 rings (SSSR count). The van der Waals surface area contributed by atoms with E-state index in [1.54, 1.807) is 24.3 Å². The molecule has 0 bridgehead atoms. The maximum Gasteiger partial charge on any atom is 0.257 e. The third kappa shape index (κ3) is 4.38. The second kappa shape index (κ2) is 7.83. The molecular formula is C20H23N3O2. The Morgan fingerprint density at radius 3 is 2.36 bits per heavy atom. The molecule has 2 aromatic rings. The van der Waals surface area contributed by atoms with Crippen LogP contribution in [0.25, 0.3) is 0 Å². The molecule has 1 aliphatic heterocycles. The van der Waals surface area contributed by atoms with Gasteiger partial charge in [0.05, 0.1) is 5.56 Å². The number of rotatable bonds is 5. The van der Waals surface area contributed by atoms with Crippen LogP contribution in [0.3, 0.4) is 0 Å². The molecule has 0 atom stereocenters. The van der Waals surface area contributed by atoms with E-state index in [0.29, 0.717) is 23.4 Å². The SMILES string of the molecule is Nc1ccccc1C(=O)Nc1ccc(CCC(=O)N2CCCC2)cc1. The molecule has 0 saturated carbocycles. The van der Waals surface area contributed by atoms with Gasteiger partial charge in [-0.3, -0.25) is 9.59 Å². The van der Waals surface area contributed by atoms with E-state index in [1.807, 2.05) is 29.2 Å². The summed E-state index contributed by atoms with van der Waals surface area (Å²) in [6, 6.07) is 14.6. The van der Waals surface area contributed by atoms with Crippen LogP contribution in [0.2, 0.25) is 0 Å². The number of benzene rings is 2. The van der Waals surface area contributed by atoms with Gasteiger partial charge < -0.3 is 16.0 Å². The van der Waals surface area contributed by atoms with Crippen LogP contribution in [-0.2, 0) is 11.2 Å². The van der Waals surface area contributed by atoms with Gasteiger partial charge in [-0.25, -0.2) is 0 Å². The Morgan fingerprint density at radius 2 is 1.68 bits per heavy atom. The van der Waals surface area contributed by atoms with Crippen molar-refractivity contribution in [1.82, 2.24) is 4.90 Å². The van der Waals surface area contributed by atoms with Crippen LogP contribution < -0.4 is 11.1 Å². The van der Waals surface area contributed by atoms with Crippen molar-refractivity contribution in [2.24, 2.45) is 0 Å². The van der Waals surface area contributed by atoms with E-state index in [0.717, 1.165) is 37.9 Å². The van der Waals surface area contributed by atoms with Crippen molar-refractivity contribution in [3.05, 3.63) is 59.7 Å². The summed E-state index contributed by atoms with van der Waals surface area (Å²) in [5.41, 5.74) is 8.54. The summed E-state index contributed by atoms with van der Waals surface area (Å²) in [4.78, 5) is 26.3. The van der Waals surface area contributed by atoms with Crippen molar-refractivity contribution in [2.75, 3.05) is 24.1 Å². The highest BCUT2D eigenvalue weighted by molar-refractivity contribution is 6.07. The zero-order valence-electron chi connectivity index (χ0n) is 14.2. The van der Waals surface area contributed by atoms with Crippen LogP contribution in [0.4, 0.5) is 11.4 Å². The van der Waals surface area contributed by atoms with Gasteiger partial charge in [-0.2, -0.15) is 0 Å². The third-order valence-corrected chi connectivity index (χ3v) is 4.50. The quantitative estimate of drug-likeness (QED) is 0.823. The smallest absolute Gasteiger partial charge is 0.257 e. The van der Waals surface area contributed by atoms with E-state index in [2.05, 4.69) is 5.32 Å². The van der Waals surface area contributed by atoms with Crippen molar-refractivity contribution in [2.45, 2.75) is 25.7 Å². The number of para-hydroxylation sites is 1. The van der Waals surface area contributed by atoms with Crippen LogP contribution >= 0.6 is 0 Å². The van der Waals surface area contributed by atoms with E-state index >= 15 is 0 Å². The molecule has 130 valence electrons. The average molecular weight is 337 g/mol. The number of amides is 2. The minimum absolute atomic E-state index is 0.227. The summed E-state index contributed by atoms with van der Waals surface area (Å²) in [6.07, 6.45) is 3.49. The molecule has 0 radical (unpaired) electrons. The first-order chi connectivity index (χ1) is 12.1. The van der Waals surface area contributed by atoms with Gasteiger partial charge in [-0.15, -0.1) is 0 Å². The van der Waals surface area contributed by atoms with Gasteiger partial charge >= 0.3 is 0 Å². The normalized spacial score (nSPS) is 13.7. The van der Waals surface area contributed by atoms with Crippen molar-refractivity contribution in [3.63, 3.8) is 0 Å². The summed E-state index contributed by atoms with van der Waals surface area (Å²) in [5, 5.41) is 2.84. The number of likely N-dealkylation sites (tertiary alicyclic amines) is 1. The van der Waals surface area contributed by atoms with Gasteiger partial charge in [0, 0.05) is 30.9 Å². The Hall–Kier alpha value is -2.82. The van der Waals surface area contributed by atoms with E-state index in [1.165, 1.54) is 0 Å². The van der Waals surface area contributed by atoms with Crippen molar-refractivity contribution < 1.29 is 9.59 Å². The van der Waals surface area contributed by atoms with E-state index in [4.69, 9.17) is 5.73 Å². The first kappa shape index (κ1) is 17.0. The van der Waals surface area contributed by atoms with Gasteiger partial charge in [0.2, 0.25) is 5.91 Å². The average Bonchev–Trinajstić information content (AvgIpc) is 3.16.